The van der Waals surface area contributed by atoms with E-state index < -0.39 is 51.1 Å². The van der Waals surface area contributed by atoms with Crippen LogP contribution >= 0.6 is 0 Å². The van der Waals surface area contributed by atoms with Crippen molar-refractivity contribution < 1.29 is 40.3 Å². The number of carbonyl (C=O) groups is 2. The van der Waals surface area contributed by atoms with Crippen molar-refractivity contribution in [2.75, 3.05) is 38.3 Å². The number of nitrogens with one attached hydrogen (secondary N) is 2. The summed E-state index contributed by atoms with van der Waals surface area (Å²) in [6.07, 6.45) is -2.14. The van der Waals surface area contributed by atoms with E-state index in [4.69, 9.17) is 10.5 Å². The summed E-state index contributed by atoms with van der Waals surface area (Å²) in [6, 6.07) is 4.09. The molecule has 1 aliphatic heterocycles. The number of ether oxygens (including phenoxy) is 1. The van der Waals surface area contributed by atoms with Crippen LogP contribution in [-0.4, -0.2) is 85.9 Å². The number of nitrogens with zero attached hydrogens (tertiary/aromatic N) is 3. The number of amides is 2. The van der Waals surface area contributed by atoms with Gasteiger partial charge in [-0.25, -0.2) is 17.8 Å². The molecular formula is C30H34F4N6O5S. The Morgan fingerprint density at radius 3 is 2.57 bits per heavy atom. The van der Waals surface area contributed by atoms with E-state index in [-0.39, 0.29) is 52.1 Å². The van der Waals surface area contributed by atoms with Crippen LogP contribution in [0.25, 0.3) is 11.0 Å². The van der Waals surface area contributed by atoms with Gasteiger partial charge in [0, 0.05) is 43.1 Å². The minimum atomic E-state index is -4.55. The Hall–Kier alpha value is -4.36. The summed E-state index contributed by atoms with van der Waals surface area (Å²) >= 11 is 0. The van der Waals surface area contributed by atoms with Gasteiger partial charge in [-0.05, 0) is 31.4 Å². The fraction of sp³-hybridized carbons (Fsp3) is 0.433. The van der Waals surface area contributed by atoms with Crippen molar-refractivity contribution in [3.05, 3.63) is 47.5 Å². The van der Waals surface area contributed by atoms with Gasteiger partial charge in [0.1, 0.15) is 28.5 Å². The number of rotatable bonds is 9. The van der Waals surface area contributed by atoms with Gasteiger partial charge in [0.25, 0.3) is 5.91 Å². The van der Waals surface area contributed by atoms with Crippen molar-refractivity contribution >= 4 is 38.4 Å². The van der Waals surface area contributed by atoms with Gasteiger partial charge >= 0.3 is 6.18 Å². The van der Waals surface area contributed by atoms with Gasteiger partial charge in [-0.15, -0.1) is 0 Å². The second-order valence-electron chi connectivity index (χ2n) is 11.2. The van der Waals surface area contributed by atoms with Crippen molar-refractivity contribution in [2.24, 2.45) is 11.7 Å². The number of hydrogen-bond acceptors (Lipinski definition) is 8. The fourth-order valence-corrected chi connectivity index (χ4v) is 6.04. The molecule has 4 N–H and O–H groups in total. The van der Waals surface area contributed by atoms with Crippen LogP contribution in [0.2, 0.25) is 0 Å². The van der Waals surface area contributed by atoms with E-state index in [1.54, 1.807) is 6.92 Å². The van der Waals surface area contributed by atoms with Crippen LogP contribution in [0.4, 0.5) is 23.2 Å². The summed E-state index contributed by atoms with van der Waals surface area (Å²) in [6.45, 7) is 3.24. The van der Waals surface area contributed by atoms with Crippen LogP contribution < -0.4 is 21.1 Å². The number of hydrogen-bond donors (Lipinski definition) is 3. The molecule has 11 nitrogen and oxygen atoms in total. The molecule has 2 aromatic carbocycles. The lowest BCUT2D eigenvalue weighted by molar-refractivity contribution is -0.140. The third kappa shape index (κ3) is 8.07. The lowest BCUT2D eigenvalue weighted by Crippen LogP contribution is -2.54. The first kappa shape index (κ1) is 34.5. The molecule has 248 valence electrons. The second-order valence-corrected chi connectivity index (χ2v) is 13.2. The highest BCUT2D eigenvalue weighted by molar-refractivity contribution is 7.90. The van der Waals surface area contributed by atoms with Gasteiger partial charge in [-0.2, -0.15) is 13.2 Å². The zero-order valence-corrected chi connectivity index (χ0v) is 26.4. The maximum absolute atomic E-state index is 14.5. The molecule has 1 fully saturated rings. The Kier molecular flexibility index (Phi) is 10.2. The number of likely N-dealkylation sites (tertiary alicyclic amines) is 1. The first-order valence-corrected chi connectivity index (χ1v) is 16.1. The zero-order chi connectivity index (χ0) is 34.0. The molecule has 4 rings (SSSR count). The number of primary amides is 1. The van der Waals surface area contributed by atoms with Crippen molar-refractivity contribution in [1.29, 1.82) is 0 Å². The van der Waals surface area contributed by atoms with Crippen LogP contribution in [-0.2, 0) is 21.2 Å². The molecule has 1 saturated heterocycles. The predicted octanol–water partition coefficient (Wildman–Crippen LogP) is 2.93. The molecule has 16 heteroatoms. The van der Waals surface area contributed by atoms with Crippen molar-refractivity contribution in [1.82, 2.24) is 19.8 Å². The molecule has 1 unspecified atom stereocenters. The Labute approximate surface area is 263 Å². The van der Waals surface area contributed by atoms with Crippen LogP contribution in [0.1, 0.15) is 36.2 Å². The molecule has 0 bridgehead atoms. The minimum Gasteiger partial charge on any atom is -0.495 e. The summed E-state index contributed by atoms with van der Waals surface area (Å²) in [5.74, 6) is 3.63. The van der Waals surface area contributed by atoms with E-state index in [0.717, 1.165) is 29.3 Å². The predicted molar refractivity (Wildman–Crippen MR) is 162 cm³/mol. The van der Waals surface area contributed by atoms with Gasteiger partial charge in [0.15, 0.2) is 9.84 Å². The first-order chi connectivity index (χ1) is 21.5. The number of methoxy groups -OCH3 is 1. The number of anilines is 1. The number of halogens is 4. The highest BCUT2D eigenvalue weighted by atomic mass is 32.2. The van der Waals surface area contributed by atoms with Gasteiger partial charge in [-0.3, -0.25) is 14.5 Å². The number of imidazole rings is 1. The third-order valence-corrected chi connectivity index (χ3v) is 8.90. The van der Waals surface area contributed by atoms with E-state index in [1.807, 2.05) is 11.8 Å². The quantitative estimate of drug-likeness (QED) is 0.233. The number of nitrogens with two attached hydrogens (primary N) is 1. The normalized spacial score (nSPS) is 18.0. The van der Waals surface area contributed by atoms with E-state index in [2.05, 4.69) is 27.5 Å². The molecule has 1 aromatic heterocycles. The summed E-state index contributed by atoms with van der Waals surface area (Å²) in [5.41, 5.74) is 5.96. The van der Waals surface area contributed by atoms with E-state index in [0.29, 0.717) is 19.5 Å². The number of sulfone groups is 1. The van der Waals surface area contributed by atoms with Crippen LogP contribution in [0.3, 0.4) is 0 Å². The maximum Gasteiger partial charge on any atom is 0.406 e. The Balaban J connectivity index is 1.60. The number of aromatic nitrogens is 2. The highest BCUT2D eigenvalue weighted by Gasteiger charge is 2.33. The Morgan fingerprint density at radius 1 is 1.24 bits per heavy atom. The molecule has 0 aliphatic carbocycles. The highest BCUT2D eigenvalue weighted by Crippen LogP contribution is 2.30. The lowest BCUT2D eigenvalue weighted by Gasteiger charge is -2.39. The zero-order valence-electron chi connectivity index (χ0n) is 25.5. The minimum absolute atomic E-state index is 0.0379. The average molecular weight is 667 g/mol. The third-order valence-electron chi connectivity index (χ3n) is 7.79. The molecule has 3 aromatic rings. The maximum atomic E-state index is 14.5. The number of benzene rings is 2. The summed E-state index contributed by atoms with van der Waals surface area (Å²) < 4.78 is 84.1. The van der Waals surface area contributed by atoms with Crippen LogP contribution in [0.5, 0.6) is 5.75 Å². The monoisotopic (exact) mass is 666 g/mol. The molecule has 0 radical (unpaired) electrons. The molecule has 3 atom stereocenters. The van der Waals surface area contributed by atoms with E-state index in [1.165, 1.54) is 19.2 Å². The van der Waals surface area contributed by atoms with Crippen molar-refractivity contribution in [3.8, 4) is 17.6 Å². The number of carbonyl (C=O) groups excluding carboxylic acids is 2. The molecule has 46 heavy (non-hydrogen) atoms. The smallest absolute Gasteiger partial charge is 0.406 e. The van der Waals surface area contributed by atoms with Gasteiger partial charge in [-0.1, -0.05) is 18.8 Å². The number of fused-ring (bicyclic) bond motifs is 1. The molecule has 0 saturated carbocycles. The Morgan fingerprint density at radius 2 is 1.96 bits per heavy atom. The second kappa shape index (κ2) is 13.6. The number of piperidine rings is 1. The molecule has 0 spiro atoms. The molecule has 2 amide bonds. The standard InChI is InChI=1S/C30H34F4N6O5S/c1-17-14-39(18(2)28(35)41)9-7-22(17)38-29(42)20-10-19(11-24-27(20)37-16-40(24)15-30(32,33)34)6-5-8-36-23-12-21(31)26(46(4,43)44)13-25(23)45-3/h10-13,16-18,22,36H,7-9,14-15H2,1-4H3,(H2,35,41)(H,38,42)/t17-,18?,22-/m0/s1. The molecular weight excluding hydrogens is 632 g/mol. The average Bonchev–Trinajstić information content (AvgIpc) is 3.35. The molecule has 1 aliphatic rings. The summed E-state index contributed by atoms with van der Waals surface area (Å²) in [7, 11) is -2.56. The van der Waals surface area contributed by atoms with Crippen molar-refractivity contribution in [2.45, 2.75) is 50.0 Å². The fourth-order valence-electron chi connectivity index (χ4n) is 5.31. The summed E-state index contributed by atoms with van der Waals surface area (Å²) in [5, 5.41) is 5.80. The van der Waals surface area contributed by atoms with E-state index >= 15 is 0 Å². The van der Waals surface area contributed by atoms with Crippen LogP contribution in [0.15, 0.2) is 35.5 Å². The van der Waals surface area contributed by atoms with Crippen LogP contribution in [0, 0.1) is 23.6 Å². The first-order valence-electron chi connectivity index (χ1n) is 14.2. The number of alkyl halides is 3. The SMILES string of the molecule is COc1cc(S(C)(=O)=O)c(F)cc1NCC#Cc1cc(C(=O)N[C@H]2CCN(C(C)C(N)=O)C[C@@H]2C)c2ncn(CC(F)(F)F)c2c1. The lowest BCUT2D eigenvalue weighted by atomic mass is 9.92. The van der Waals surface area contributed by atoms with E-state index in [9.17, 15) is 35.6 Å². The summed E-state index contributed by atoms with van der Waals surface area (Å²) in [4.78, 5) is 30.7. The van der Waals surface area contributed by atoms with Crippen molar-refractivity contribution in [3.63, 3.8) is 0 Å². The van der Waals surface area contributed by atoms with Gasteiger partial charge in [0.05, 0.1) is 42.8 Å². The topological polar surface area (TPSA) is 149 Å². The largest absolute Gasteiger partial charge is 0.495 e. The van der Waals surface area contributed by atoms with Gasteiger partial charge < -0.3 is 25.7 Å². The molecule has 2 heterocycles. The van der Waals surface area contributed by atoms with Gasteiger partial charge in [0.2, 0.25) is 5.91 Å². The Bertz CT molecular complexity index is 1820.